The molecule has 0 bridgehead atoms. The quantitative estimate of drug-likeness (QED) is 0.762. The molecule has 2 heteroatoms. The van der Waals surface area contributed by atoms with Gasteiger partial charge in [-0.1, -0.05) is 31.7 Å². The molecule has 1 fully saturated rings. The molecule has 0 amide bonds. The van der Waals surface area contributed by atoms with Gasteiger partial charge in [0.05, 0.1) is 0 Å². The zero-order valence-electron chi connectivity index (χ0n) is 11.0. The molecule has 0 spiro atoms. The normalized spacial score (nSPS) is 16.1. The van der Waals surface area contributed by atoms with Gasteiger partial charge in [-0.25, -0.2) is 4.39 Å². The van der Waals surface area contributed by atoms with Gasteiger partial charge in [0.15, 0.2) is 0 Å². The van der Waals surface area contributed by atoms with Crippen LogP contribution in [0.4, 0.5) is 4.39 Å². The smallest absolute Gasteiger partial charge is 0.137 e. The summed E-state index contributed by atoms with van der Waals surface area (Å²) in [6.07, 6.45) is 7.43. The number of hydrogen-bond acceptors (Lipinski definition) is 1. The number of ketones is 1. The summed E-state index contributed by atoms with van der Waals surface area (Å²) in [4.78, 5) is 11.9. The summed E-state index contributed by atoms with van der Waals surface area (Å²) in [7, 11) is 0. The number of hydrogen-bond donors (Lipinski definition) is 0. The van der Waals surface area contributed by atoms with Crippen molar-refractivity contribution in [2.45, 2.75) is 51.9 Å². The lowest BCUT2D eigenvalue weighted by atomic mass is 9.96. The zero-order valence-corrected chi connectivity index (χ0v) is 11.0. The molecule has 1 saturated carbocycles. The van der Waals surface area contributed by atoms with Crippen molar-refractivity contribution < 1.29 is 9.18 Å². The molecule has 18 heavy (non-hydrogen) atoms. The molecular weight excluding hydrogens is 227 g/mol. The number of halogens is 1. The Morgan fingerprint density at radius 1 is 1.33 bits per heavy atom. The van der Waals surface area contributed by atoms with E-state index in [0.717, 1.165) is 23.5 Å². The van der Waals surface area contributed by atoms with Gasteiger partial charge in [-0.05, 0) is 42.5 Å². The third-order valence-corrected chi connectivity index (χ3v) is 4.00. The van der Waals surface area contributed by atoms with Crippen molar-refractivity contribution >= 4 is 5.78 Å². The standard InChI is InChI=1S/C16H21FO/c1-12-10-15(17)8-7-14(12)11-16(18)9-6-13-4-2-3-5-13/h7-8,10,13H,2-6,9,11H2,1H3. The first-order valence-corrected chi connectivity index (χ1v) is 6.92. The number of carbonyl (C=O) groups excluding carboxylic acids is 1. The molecule has 0 atom stereocenters. The van der Waals surface area contributed by atoms with Crippen molar-refractivity contribution in [3.05, 3.63) is 35.1 Å². The minimum Gasteiger partial charge on any atom is -0.299 e. The molecule has 2 rings (SSSR count). The third-order valence-electron chi connectivity index (χ3n) is 4.00. The van der Waals surface area contributed by atoms with Crippen LogP contribution in [0, 0.1) is 18.7 Å². The van der Waals surface area contributed by atoms with Crippen LogP contribution in [0.15, 0.2) is 18.2 Å². The van der Waals surface area contributed by atoms with E-state index in [0.29, 0.717) is 12.8 Å². The van der Waals surface area contributed by atoms with Gasteiger partial charge < -0.3 is 0 Å². The molecule has 1 nitrogen and oxygen atoms in total. The average molecular weight is 248 g/mol. The Hall–Kier alpha value is -1.18. The number of carbonyl (C=O) groups is 1. The lowest BCUT2D eigenvalue weighted by Gasteiger charge is -2.09. The van der Waals surface area contributed by atoms with Crippen LogP contribution >= 0.6 is 0 Å². The monoisotopic (exact) mass is 248 g/mol. The molecule has 0 N–H and O–H groups in total. The number of Topliss-reactive ketones (excluding diaryl/α,β-unsaturated/α-hetero) is 1. The molecule has 1 aromatic carbocycles. The van der Waals surface area contributed by atoms with Crippen LogP contribution in [0.3, 0.4) is 0 Å². The van der Waals surface area contributed by atoms with Gasteiger partial charge in [0, 0.05) is 12.8 Å². The largest absolute Gasteiger partial charge is 0.299 e. The van der Waals surface area contributed by atoms with Crippen molar-refractivity contribution in [2.24, 2.45) is 5.92 Å². The van der Waals surface area contributed by atoms with E-state index in [9.17, 15) is 9.18 Å². The lowest BCUT2D eigenvalue weighted by Crippen LogP contribution is -2.06. The van der Waals surface area contributed by atoms with E-state index in [2.05, 4.69) is 0 Å². The number of benzene rings is 1. The van der Waals surface area contributed by atoms with Gasteiger partial charge >= 0.3 is 0 Å². The average Bonchev–Trinajstić information content (AvgIpc) is 2.83. The van der Waals surface area contributed by atoms with Gasteiger partial charge in [0.25, 0.3) is 0 Å². The first-order chi connectivity index (χ1) is 8.65. The van der Waals surface area contributed by atoms with Crippen molar-refractivity contribution in [3.63, 3.8) is 0 Å². The van der Waals surface area contributed by atoms with Gasteiger partial charge in [-0.15, -0.1) is 0 Å². The fourth-order valence-electron chi connectivity index (χ4n) is 2.82. The summed E-state index contributed by atoms with van der Waals surface area (Å²) in [6.45, 7) is 1.86. The highest BCUT2D eigenvalue weighted by Gasteiger charge is 2.16. The Morgan fingerprint density at radius 2 is 2.06 bits per heavy atom. The second-order valence-electron chi connectivity index (χ2n) is 5.48. The summed E-state index contributed by atoms with van der Waals surface area (Å²) >= 11 is 0. The van der Waals surface area contributed by atoms with Crippen molar-refractivity contribution in [1.29, 1.82) is 0 Å². The van der Waals surface area contributed by atoms with Crippen LogP contribution in [0.1, 0.15) is 49.7 Å². The molecule has 1 aliphatic rings. The highest BCUT2D eigenvalue weighted by Crippen LogP contribution is 2.28. The van der Waals surface area contributed by atoms with Crippen molar-refractivity contribution in [3.8, 4) is 0 Å². The first kappa shape index (κ1) is 13.3. The van der Waals surface area contributed by atoms with Crippen LogP contribution in [0.2, 0.25) is 0 Å². The highest BCUT2D eigenvalue weighted by atomic mass is 19.1. The molecule has 0 saturated heterocycles. The van der Waals surface area contributed by atoms with Crippen molar-refractivity contribution in [1.82, 2.24) is 0 Å². The molecule has 1 aromatic rings. The zero-order chi connectivity index (χ0) is 13.0. The fraction of sp³-hybridized carbons (Fsp3) is 0.562. The summed E-state index contributed by atoms with van der Waals surface area (Å²) in [5.41, 5.74) is 1.84. The minimum absolute atomic E-state index is 0.227. The maximum atomic E-state index is 13.0. The van der Waals surface area contributed by atoms with E-state index in [1.165, 1.54) is 37.8 Å². The van der Waals surface area contributed by atoms with Gasteiger partial charge in [-0.3, -0.25) is 4.79 Å². The van der Waals surface area contributed by atoms with E-state index in [1.54, 1.807) is 6.07 Å². The predicted octanol–water partition coefficient (Wildman–Crippen LogP) is 4.22. The molecular formula is C16H21FO. The Labute approximate surface area is 108 Å². The summed E-state index contributed by atoms with van der Waals surface area (Å²) in [6, 6.07) is 4.67. The molecule has 0 aromatic heterocycles. The predicted molar refractivity (Wildman–Crippen MR) is 71.0 cm³/mol. The second-order valence-corrected chi connectivity index (χ2v) is 5.48. The van der Waals surface area contributed by atoms with Crippen LogP contribution in [-0.2, 0) is 11.2 Å². The lowest BCUT2D eigenvalue weighted by molar-refractivity contribution is -0.118. The highest BCUT2D eigenvalue weighted by molar-refractivity contribution is 5.81. The summed E-state index contributed by atoms with van der Waals surface area (Å²) in [5.74, 6) is 0.828. The third kappa shape index (κ3) is 3.66. The minimum atomic E-state index is -0.227. The van der Waals surface area contributed by atoms with Gasteiger partial charge in [0.1, 0.15) is 11.6 Å². The number of aryl methyl sites for hydroxylation is 1. The Bertz CT molecular complexity index is 419. The Kier molecular flexibility index (Phi) is 4.51. The molecule has 0 unspecified atom stereocenters. The van der Waals surface area contributed by atoms with Crippen LogP contribution in [-0.4, -0.2) is 5.78 Å². The maximum absolute atomic E-state index is 13.0. The second kappa shape index (κ2) is 6.12. The topological polar surface area (TPSA) is 17.1 Å². The Balaban J connectivity index is 1.82. The van der Waals surface area contributed by atoms with Gasteiger partial charge in [0.2, 0.25) is 0 Å². The van der Waals surface area contributed by atoms with Gasteiger partial charge in [-0.2, -0.15) is 0 Å². The van der Waals surface area contributed by atoms with E-state index in [-0.39, 0.29) is 11.6 Å². The molecule has 0 radical (unpaired) electrons. The molecule has 1 aliphatic carbocycles. The Morgan fingerprint density at radius 3 is 2.72 bits per heavy atom. The van der Waals surface area contributed by atoms with Crippen LogP contribution in [0.25, 0.3) is 0 Å². The SMILES string of the molecule is Cc1cc(F)ccc1CC(=O)CCC1CCCC1. The number of rotatable bonds is 5. The first-order valence-electron chi connectivity index (χ1n) is 6.92. The summed E-state index contributed by atoms with van der Waals surface area (Å²) < 4.78 is 13.0. The summed E-state index contributed by atoms with van der Waals surface area (Å²) in [5, 5.41) is 0. The molecule has 0 aliphatic heterocycles. The van der Waals surface area contributed by atoms with E-state index in [4.69, 9.17) is 0 Å². The van der Waals surface area contributed by atoms with E-state index in [1.807, 2.05) is 6.92 Å². The maximum Gasteiger partial charge on any atom is 0.137 e. The van der Waals surface area contributed by atoms with E-state index < -0.39 is 0 Å². The molecule has 0 heterocycles. The van der Waals surface area contributed by atoms with Crippen LogP contribution < -0.4 is 0 Å². The van der Waals surface area contributed by atoms with E-state index >= 15 is 0 Å². The van der Waals surface area contributed by atoms with Crippen LogP contribution in [0.5, 0.6) is 0 Å². The van der Waals surface area contributed by atoms with Crippen molar-refractivity contribution in [2.75, 3.05) is 0 Å². The fourth-order valence-corrected chi connectivity index (χ4v) is 2.82. The molecule has 98 valence electrons.